The van der Waals surface area contributed by atoms with E-state index in [9.17, 15) is 4.39 Å². The maximum absolute atomic E-state index is 13.3. The fourth-order valence-electron chi connectivity index (χ4n) is 1.25. The zero-order valence-electron chi connectivity index (χ0n) is 10.4. The summed E-state index contributed by atoms with van der Waals surface area (Å²) in [4.78, 5) is 0. The van der Waals surface area contributed by atoms with Gasteiger partial charge in [0.25, 0.3) is 0 Å². The second kappa shape index (κ2) is 5.30. The highest BCUT2D eigenvalue weighted by molar-refractivity contribution is 5.23. The van der Waals surface area contributed by atoms with Crippen LogP contribution in [0.15, 0.2) is 24.3 Å². The van der Waals surface area contributed by atoms with E-state index in [0.717, 1.165) is 0 Å². The van der Waals surface area contributed by atoms with E-state index in [4.69, 9.17) is 4.74 Å². The molecule has 2 nitrogen and oxygen atoms in total. The van der Waals surface area contributed by atoms with Crippen LogP contribution in [0.2, 0.25) is 0 Å². The average Bonchev–Trinajstić information content (AvgIpc) is 2.18. The molecule has 0 aliphatic rings. The standard InChI is InChI=1S/C13H20FNO/c1-10(9-15-13(2,3)4)16-12-8-6-5-7-11(12)14/h5-8,10,15H,9H2,1-4H3. The van der Waals surface area contributed by atoms with Gasteiger partial charge in [0.2, 0.25) is 0 Å². The summed E-state index contributed by atoms with van der Waals surface area (Å²) in [5.41, 5.74) is 0.0485. The van der Waals surface area contributed by atoms with Gasteiger partial charge >= 0.3 is 0 Å². The van der Waals surface area contributed by atoms with Crippen LogP contribution in [0.25, 0.3) is 0 Å². The molecule has 90 valence electrons. The summed E-state index contributed by atoms with van der Waals surface area (Å²) >= 11 is 0. The molecule has 3 heteroatoms. The Morgan fingerprint density at radius 1 is 1.31 bits per heavy atom. The molecular weight excluding hydrogens is 205 g/mol. The third kappa shape index (κ3) is 4.62. The van der Waals surface area contributed by atoms with Crippen molar-refractivity contribution in [1.82, 2.24) is 5.32 Å². The van der Waals surface area contributed by atoms with Gasteiger partial charge in [0.15, 0.2) is 11.6 Å². The molecular formula is C13H20FNO. The second-order valence-electron chi connectivity index (χ2n) is 4.99. The lowest BCUT2D eigenvalue weighted by Crippen LogP contribution is -2.41. The minimum atomic E-state index is -0.315. The van der Waals surface area contributed by atoms with Crippen LogP contribution in [0, 0.1) is 5.82 Å². The number of ether oxygens (including phenoxy) is 1. The van der Waals surface area contributed by atoms with Crippen molar-refractivity contribution >= 4 is 0 Å². The van der Waals surface area contributed by atoms with Gasteiger partial charge in [-0.15, -0.1) is 0 Å². The summed E-state index contributed by atoms with van der Waals surface area (Å²) in [6.07, 6.45) is -0.0591. The van der Waals surface area contributed by atoms with Crippen LogP contribution in [-0.2, 0) is 0 Å². The third-order valence-corrected chi connectivity index (χ3v) is 2.08. The molecule has 0 aromatic heterocycles. The fourth-order valence-corrected chi connectivity index (χ4v) is 1.25. The van der Waals surface area contributed by atoms with E-state index in [1.807, 2.05) is 6.92 Å². The van der Waals surface area contributed by atoms with Gasteiger partial charge in [-0.1, -0.05) is 12.1 Å². The maximum Gasteiger partial charge on any atom is 0.165 e. The number of halogens is 1. The van der Waals surface area contributed by atoms with Crippen LogP contribution in [0.3, 0.4) is 0 Å². The van der Waals surface area contributed by atoms with Gasteiger partial charge in [-0.25, -0.2) is 4.39 Å². The van der Waals surface area contributed by atoms with Gasteiger partial charge in [0, 0.05) is 12.1 Å². The molecule has 1 aromatic carbocycles. The predicted molar refractivity (Wildman–Crippen MR) is 64.2 cm³/mol. The molecule has 0 spiro atoms. The van der Waals surface area contributed by atoms with Crippen molar-refractivity contribution in [3.8, 4) is 5.75 Å². The Morgan fingerprint density at radius 2 is 1.94 bits per heavy atom. The number of hydrogen-bond donors (Lipinski definition) is 1. The third-order valence-electron chi connectivity index (χ3n) is 2.08. The predicted octanol–water partition coefficient (Wildman–Crippen LogP) is 2.98. The molecule has 0 fully saturated rings. The van der Waals surface area contributed by atoms with E-state index < -0.39 is 0 Å². The van der Waals surface area contributed by atoms with Crippen molar-refractivity contribution in [2.75, 3.05) is 6.54 Å². The van der Waals surface area contributed by atoms with Crippen molar-refractivity contribution in [2.24, 2.45) is 0 Å². The number of rotatable bonds is 4. The Morgan fingerprint density at radius 3 is 2.50 bits per heavy atom. The first-order valence-electron chi connectivity index (χ1n) is 5.55. The highest BCUT2D eigenvalue weighted by Crippen LogP contribution is 2.16. The minimum absolute atomic E-state index is 0.0485. The molecule has 1 atom stereocenters. The normalized spacial score (nSPS) is 13.6. The quantitative estimate of drug-likeness (QED) is 0.850. The van der Waals surface area contributed by atoms with Crippen molar-refractivity contribution < 1.29 is 9.13 Å². The maximum atomic E-state index is 13.3. The summed E-state index contributed by atoms with van der Waals surface area (Å²) in [6, 6.07) is 6.46. The van der Waals surface area contributed by atoms with Gasteiger partial charge < -0.3 is 10.1 Å². The summed E-state index contributed by atoms with van der Waals surface area (Å²) < 4.78 is 18.8. The molecule has 1 N–H and O–H groups in total. The van der Waals surface area contributed by atoms with E-state index >= 15 is 0 Å². The Bertz CT molecular complexity index is 333. The lowest BCUT2D eigenvalue weighted by molar-refractivity contribution is 0.195. The largest absolute Gasteiger partial charge is 0.486 e. The molecule has 0 aliphatic carbocycles. The van der Waals surface area contributed by atoms with Crippen molar-refractivity contribution in [3.05, 3.63) is 30.1 Å². The van der Waals surface area contributed by atoms with Gasteiger partial charge in [-0.3, -0.25) is 0 Å². The molecule has 0 amide bonds. The number of para-hydroxylation sites is 1. The molecule has 1 unspecified atom stereocenters. The number of benzene rings is 1. The van der Waals surface area contributed by atoms with Crippen LogP contribution in [0.4, 0.5) is 4.39 Å². The SMILES string of the molecule is CC(CNC(C)(C)C)Oc1ccccc1F. The van der Waals surface area contributed by atoms with Crippen LogP contribution in [0.1, 0.15) is 27.7 Å². The first-order valence-corrected chi connectivity index (χ1v) is 5.55. The number of nitrogens with one attached hydrogen (secondary N) is 1. The second-order valence-corrected chi connectivity index (χ2v) is 4.99. The summed E-state index contributed by atoms with van der Waals surface area (Å²) in [5, 5.41) is 3.31. The molecule has 0 saturated heterocycles. The van der Waals surface area contributed by atoms with Crippen molar-refractivity contribution in [3.63, 3.8) is 0 Å². The lowest BCUT2D eigenvalue weighted by Gasteiger charge is -2.24. The Kier molecular flexibility index (Phi) is 4.30. The molecule has 1 aromatic rings. The van der Waals surface area contributed by atoms with Gasteiger partial charge in [0.05, 0.1) is 0 Å². The monoisotopic (exact) mass is 225 g/mol. The zero-order chi connectivity index (χ0) is 12.2. The first-order chi connectivity index (χ1) is 7.38. The molecule has 1 rings (SSSR count). The van der Waals surface area contributed by atoms with Crippen LogP contribution >= 0.6 is 0 Å². The Labute approximate surface area is 96.8 Å². The van der Waals surface area contributed by atoms with E-state index in [0.29, 0.717) is 12.3 Å². The van der Waals surface area contributed by atoms with E-state index in [-0.39, 0.29) is 17.5 Å². The zero-order valence-corrected chi connectivity index (χ0v) is 10.4. The number of hydrogen-bond acceptors (Lipinski definition) is 2. The van der Waals surface area contributed by atoms with E-state index in [2.05, 4.69) is 26.1 Å². The van der Waals surface area contributed by atoms with Crippen LogP contribution in [-0.4, -0.2) is 18.2 Å². The van der Waals surface area contributed by atoms with E-state index in [1.54, 1.807) is 18.2 Å². The minimum Gasteiger partial charge on any atom is -0.486 e. The van der Waals surface area contributed by atoms with Crippen molar-refractivity contribution in [1.29, 1.82) is 0 Å². The van der Waals surface area contributed by atoms with Crippen LogP contribution < -0.4 is 10.1 Å². The summed E-state index contributed by atoms with van der Waals surface area (Å²) in [5.74, 6) is -0.00387. The van der Waals surface area contributed by atoms with E-state index in [1.165, 1.54) is 6.07 Å². The van der Waals surface area contributed by atoms with Crippen LogP contribution in [0.5, 0.6) is 5.75 Å². The molecule has 0 radical (unpaired) electrons. The molecule has 0 bridgehead atoms. The van der Waals surface area contributed by atoms with Gasteiger partial charge in [-0.2, -0.15) is 0 Å². The van der Waals surface area contributed by atoms with Gasteiger partial charge in [0.1, 0.15) is 6.10 Å². The first kappa shape index (κ1) is 13.0. The topological polar surface area (TPSA) is 21.3 Å². The molecule has 0 saturated carbocycles. The highest BCUT2D eigenvalue weighted by Gasteiger charge is 2.12. The smallest absolute Gasteiger partial charge is 0.165 e. The highest BCUT2D eigenvalue weighted by atomic mass is 19.1. The van der Waals surface area contributed by atoms with Crippen molar-refractivity contribution in [2.45, 2.75) is 39.3 Å². The molecule has 0 aliphatic heterocycles. The molecule has 0 heterocycles. The lowest BCUT2D eigenvalue weighted by atomic mass is 10.1. The fraction of sp³-hybridized carbons (Fsp3) is 0.538. The van der Waals surface area contributed by atoms with Gasteiger partial charge in [-0.05, 0) is 39.8 Å². The Balaban J connectivity index is 2.46. The Hall–Kier alpha value is -1.09. The summed E-state index contributed by atoms with van der Waals surface area (Å²) in [7, 11) is 0. The average molecular weight is 225 g/mol. The molecule has 16 heavy (non-hydrogen) atoms. The summed E-state index contributed by atoms with van der Waals surface area (Å²) in [6.45, 7) is 8.87.